The van der Waals surface area contributed by atoms with E-state index in [9.17, 15) is 4.79 Å². The fraction of sp³-hybridized carbons (Fsp3) is 0.929. The number of methoxy groups -OCH3 is 1. The van der Waals surface area contributed by atoms with Crippen molar-refractivity contribution in [2.45, 2.75) is 52.5 Å². The molecule has 0 aromatic heterocycles. The molecule has 0 aliphatic heterocycles. The summed E-state index contributed by atoms with van der Waals surface area (Å²) < 4.78 is 5.10. The van der Waals surface area contributed by atoms with Crippen LogP contribution in [0.2, 0.25) is 0 Å². The Kier molecular flexibility index (Phi) is 5.17. The number of hydrogen-bond acceptors (Lipinski definition) is 3. The van der Waals surface area contributed by atoms with Gasteiger partial charge < -0.3 is 15.8 Å². The van der Waals surface area contributed by atoms with E-state index in [0.29, 0.717) is 11.8 Å². The second-order valence-electron chi connectivity index (χ2n) is 6.70. The standard InChI is InChI=1S/C14H28N2O2/c1-13(2,3)11(15)9-12(17)16-10-14(5-6-14)7-8-18-4/h11H,5-10,15H2,1-4H3,(H,16,17). The van der Waals surface area contributed by atoms with Crippen LogP contribution < -0.4 is 11.1 Å². The van der Waals surface area contributed by atoms with Crippen LogP contribution in [0.1, 0.15) is 46.5 Å². The number of ether oxygens (including phenoxy) is 1. The van der Waals surface area contributed by atoms with Gasteiger partial charge in [-0.15, -0.1) is 0 Å². The number of carbonyl (C=O) groups excluding carboxylic acids is 1. The average molecular weight is 256 g/mol. The maximum Gasteiger partial charge on any atom is 0.221 e. The Hall–Kier alpha value is -0.610. The normalized spacial score (nSPS) is 19.4. The highest BCUT2D eigenvalue weighted by Crippen LogP contribution is 2.48. The van der Waals surface area contributed by atoms with Gasteiger partial charge in [0.25, 0.3) is 0 Å². The molecule has 1 saturated carbocycles. The molecule has 106 valence electrons. The molecule has 4 nitrogen and oxygen atoms in total. The van der Waals surface area contributed by atoms with E-state index in [4.69, 9.17) is 10.5 Å². The Morgan fingerprint density at radius 2 is 2.06 bits per heavy atom. The van der Waals surface area contributed by atoms with Crippen LogP contribution >= 0.6 is 0 Å². The van der Waals surface area contributed by atoms with Gasteiger partial charge >= 0.3 is 0 Å². The van der Waals surface area contributed by atoms with Crippen LogP contribution in [-0.4, -0.2) is 32.2 Å². The molecule has 0 heterocycles. The molecule has 3 N–H and O–H groups in total. The van der Waals surface area contributed by atoms with Crippen molar-refractivity contribution in [2.75, 3.05) is 20.3 Å². The van der Waals surface area contributed by atoms with Gasteiger partial charge in [-0.2, -0.15) is 0 Å². The second kappa shape index (κ2) is 6.02. The molecule has 1 fully saturated rings. The fourth-order valence-electron chi connectivity index (χ4n) is 1.87. The summed E-state index contributed by atoms with van der Waals surface area (Å²) in [6, 6.07) is -0.0911. The van der Waals surface area contributed by atoms with Crippen LogP contribution in [0, 0.1) is 10.8 Å². The highest BCUT2D eigenvalue weighted by atomic mass is 16.5. The number of carbonyl (C=O) groups is 1. The molecule has 0 saturated heterocycles. The van der Waals surface area contributed by atoms with Crippen molar-refractivity contribution in [3.63, 3.8) is 0 Å². The topological polar surface area (TPSA) is 64.3 Å². The number of nitrogens with one attached hydrogen (secondary N) is 1. The highest BCUT2D eigenvalue weighted by Gasteiger charge is 2.42. The third kappa shape index (κ3) is 4.94. The number of amides is 1. The van der Waals surface area contributed by atoms with Crippen LogP contribution in [0.15, 0.2) is 0 Å². The van der Waals surface area contributed by atoms with E-state index in [2.05, 4.69) is 26.1 Å². The minimum Gasteiger partial charge on any atom is -0.385 e. The molecule has 1 aliphatic rings. The van der Waals surface area contributed by atoms with Gasteiger partial charge in [0, 0.05) is 32.7 Å². The quantitative estimate of drug-likeness (QED) is 0.728. The molecular formula is C14H28N2O2. The van der Waals surface area contributed by atoms with E-state index < -0.39 is 0 Å². The van der Waals surface area contributed by atoms with Crippen molar-refractivity contribution in [3.8, 4) is 0 Å². The van der Waals surface area contributed by atoms with Crippen molar-refractivity contribution in [1.29, 1.82) is 0 Å². The van der Waals surface area contributed by atoms with E-state index in [1.165, 1.54) is 12.8 Å². The predicted molar refractivity (Wildman–Crippen MR) is 73.2 cm³/mol. The largest absolute Gasteiger partial charge is 0.385 e. The first-order valence-electron chi connectivity index (χ1n) is 6.80. The summed E-state index contributed by atoms with van der Waals surface area (Å²) in [7, 11) is 1.72. The maximum absolute atomic E-state index is 11.8. The lowest BCUT2D eigenvalue weighted by atomic mass is 9.85. The van der Waals surface area contributed by atoms with Crippen LogP contribution in [0.25, 0.3) is 0 Å². The van der Waals surface area contributed by atoms with Crippen LogP contribution in [0.5, 0.6) is 0 Å². The zero-order valence-corrected chi connectivity index (χ0v) is 12.2. The minimum atomic E-state index is -0.0911. The van der Waals surface area contributed by atoms with Crippen LogP contribution in [0.3, 0.4) is 0 Å². The van der Waals surface area contributed by atoms with Crippen molar-refractivity contribution in [2.24, 2.45) is 16.6 Å². The van der Waals surface area contributed by atoms with E-state index in [1.54, 1.807) is 7.11 Å². The lowest BCUT2D eigenvalue weighted by molar-refractivity contribution is -0.122. The van der Waals surface area contributed by atoms with Crippen LogP contribution in [0.4, 0.5) is 0 Å². The smallest absolute Gasteiger partial charge is 0.221 e. The third-order valence-corrected chi connectivity index (χ3v) is 3.97. The highest BCUT2D eigenvalue weighted by molar-refractivity contribution is 5.76. The van der Waals surface area contributed by atoms with Gasteiger partial charge in [0.05, 0.1) is 0 Å². The first-order chi connectivity index (χ1) is 8.29. The predicted octanol–water partition coefficient (Wildman–Crippen LogP) is 1.68. The first-order valence-corrected chi connectivity index (χ1v) is 6.80. The van der Waals surface area contributed by atoms with E-state index in [1.807, 2.05) is 0 Å². The molecule has 18 heavy (non-hydrogen) atoms. The Morgan fingerprint density at radius 3 is 2.50 bits per heavy atom. The van der Waals surface area contributed by atoms with E-state index in [-0.39, 0.29) is 17.4 Å². The summed E-state index contributed by atoms with van der Waals surface area (Å²) >= 11 is 0. The van der Waals surface area contributed by atoms with Crippen molar-refractivity contribution in [3.05, 3.63) is 0 Å². The molecular weight excluding hydrogens is 228 g/mol. The Labute approximate surface area is 111 Å². The fourth-order valence-corrected chi connectivity index (χ4v) is 1.87. The lowest BCUT2D eigenvalue weighted by Crippen LogP contribution is -2.41. The van der Waals surface area contributed by atoms with Gasteiger partial charge in [0.2, 0.25) is 5.91 Å². The summed E-state index contributed by atoms with van der Waals surface area (Å²) in [6.45, 7) is 7.73. The molecule has 0 spiro atoms. The molecule has 1 unspecified atom stereocenters. The monoisotopic (exact) mass is 256 g/mol. The Bertz CT molecular complexity index is 280. The molecule has 1 atom stereocenters. The van der Waals surface area contributed by atoms with E-state index in [0.717, 1.165) is 19.6 Å². The zero-order chi connectivity index (χ0) is 13.8. The summed E-state index contributed by atoms with van der Waals surface area (Å²) in [4.78, 5) is 11.8. The number of hydrogen-bond donors (Lipinski definition) is 2. The molecule has 1 aliphatic carbocycles. The average Bonchev–Trinajstić information content (AvgIpc) is 3.03. The zero-order valence-electron chi connectivity index (χ0n) is 12.2. The Balaban J connectivity index is 2.25. The van der Waals surface area contributed by atoms with Gasteiger partial charge in [-0.05, 0) is 30.1 Å². The SMILES string of the molecule is COCCC1(CNC(=O)CC(N)C(C)(C)C)CC1. The molecule has 4 heteroatoms. The van der Waals surface area contributed by atoms with Gasteiger partial charge in [-0.25, -0.2) is 0 Å². The molecule has 0 aromatic rings. The summed E-state index contributed by atoms with van der Waals surface area (Å²) in [5.41, 5.74) is 6.29. The molecule has 1 rings (SSSR count). The maximum atomic E-state index is 11.8. The first kappa shape index (κ1) is 15.4. The Morgan fingerprint density at radius 1 is 1.44 bits per heavy atom. The van der Waals surface area contributed by atoms with Gasteiger partial charge in [0.1, 0.15) is 0 Å². The molecule has 1 amide bonds. The molecule has 0 aromatic carbocycles. The summed E-state index contributed by atoms with van der Waals surface area (Å²) in [6.07, 6.45) is 3.84. The van der Waals surface area contributed by atoms with Crippen molar-refractivity contribution >= 4 is 5.91 Å². The van der Waals surface area contributed by atoms with Gasteiger partial charge in [-0.1, -0.05) is 20.8 Å². The lowest BCUT2D eigenvalue weighted by Gasteiger charge is -2.26. The van der Waals surface area contributed by atoms with Gasteiger partial charge in [-0.3, -0.25) is 4.79 Å². The van der Waals surface area contributed by atoms with Gasteiger partial charge in [0.15, 0.2) is 0 Å². The summed E-state index contributed by atoms with van der Waals surface area (Å²) in [5.74, 6) is 0.0705. The number of nitrogens with two attached hydrogens (primary N) is 1. The van der Waals surface area contributed by atoms with E-state index >= 15 is 0 Å². The van der Waals surface area contributed by atoms with Crippen LogP contribution in [-0.2, 0) is 9.53 Å². The van der Waals surface area contributed by atoms with Crippen molar-refractivity contribution < 1.29 is 9.53 Å². The summed E-state index contributed by atoms with van der Waals surface area (Å²) in [5, 5.41) is 3.02. The third-order valence-electron chi connectivity index (χ3n) is 3.97. The molecule has 0 bridgehead atoms. The molecule has 0 radical (unpaired) electrons. The minimum absolute atomic E-state index is 0.0232. The van der Waals surface area contributed by atoms with Crippen molar-refractivity contribution in [1.82, 2.24) is 5.32 Å². The second-order valence-corrected chi connectivity index (χ2v) is 6.70. The number of rotatable bonds is 7.